The summed E-state index contributed by atoms with van der Waals surface area (Å²) in [6, 6.07) is 10.2. The van der Waals surface area contributed by atoms with Crippen molar-refractivity contribution in [1.82, 2.24) is 10.2 Å². The summed E-state index contributed by atoms with van der Waals surface area (Å²) in [7, 11) is 0. The van der Waals surface area contributed by atoms with Gasteiger partial charge in [0.05, 0.1) is 4.47 Å². The Balaban J connectivity index is 2.30. The number of rotatable bonds is 11. The van der Waals surface area contributed by atoms with E-state index in [9.17, 15) is 9.59 Å². The third-order valence-electron chi connectivity index (χ3n) is 5.53. The molecular weight excluding hydrogens is 527 g/mol. The molecule has 2 aromatic carbocycles. The number of hydrogen-bond donors (Lipinski definition) is 1. The van der Waals surface area contributed by atoms with E-state index in [1.165, 1.54) is 4.90 Å². The van der Waals surface area contributed by atoms with Crippen molar-refractivity contribution in [3.63, 3.8) is 0 Å². The van der Waals surface area contributed by atoms with Gasteiger partial charge in [0.2, 0.25) is 5.91 Å². The number of benzene rings is 2. The van der Waals surface area contributed by atoms with Gasteiger partial charge in [-0.1, -0.05) is 56.1 Å². The fraction of sp³-hybridized carbons (Fsp3) is 0.440. The summed E-state index contributed by atoms with van der Waals surface area (Å²) in [4.78, 5) is 27.9. The highest BCUT2D eigenvalue weighted by Gasteiger charge is 2.30. The van der Waals surface area contributed by atoms with E-state index in [0.29, 0.717) is 27.8 Å². The Bertz CT molecular complexity index is 950. The van der Waals surface area contributed by atoms with Crippen molar-refractivity contribution in [2.45, 2.75) is 65.6 Å². The fourth-order valence-corrected chi connectivity index (χ4v) is 4.38. The second-order valence-corrected chi connectivity index (χ2v) is 9.54. The summed E-state index contributed by atoms with van der Waals surface area (Å²) in [5.41, 5.74) is 1.75. The van der Waals surface area contributed by atoms with Crippen LogP contribution in [0, 0.1) is 0 Å². The third kappa shape index (κ3) is 7.62. The van der Waals surface area contributed by atoms with Crippen LogP contribution < -0.4 is 10.1 Å². The third-order valence-corrected chi connectivity index (χ3v) is 6.86. The van der Waals surface area contributed by atoms with Gasteiger partial charge in [-0.3, -0.25) is 9.59 Å². The van der Waals surface area contributed by atoms with Gasteiger partial charge in [0, 0.05) is 28.2 Å². The lowest BCUT2D eigenvalue weighted by Crippen LogP contribution is -2.51. The number of hydrogen-bond acceptors (Lipinski definition) is 3. The van der Waals surface area contributed by atoms with Gasteiger partial charge in [-0.25, -0.2) is 0 Å². The molecular formula is C25H31BrCl2N2O3. The molecule has 0 heterocycles. The van der Waals surface area contributed by atoms with E-state index < -0.39 is 6.04 Å². The molecule has 0 radical (unpaired) electrons. The van der Waals surface area contributed by atoms with Gasteiger partial charge in [-0.05, 0) is 71.9 Å². The molecule has 0 aliphatic carbocycles. The van der Waals surface area contributed by atoms with Crippen LogP contribution in [0.1, 0.15) is 51.7 Å². The SMILES string of the molecule is CCc1ccc(OCC(=O)N(Cc2c(Cl)cccc2Cl)C(CC)C(=O)NC(C)CC)c(Br)c1. The van der Waals surface area contributed by atoms with Crippen LogP contribution in [0.25, 0.3) is 0 Å². The first kappa shape index (κ1) is 27.5. The fourth-order valence-electron chi connectivity index (χ4n) is 3.32. The van der Waals surface area contributed by atoms with Crippen molar-refractivity contribution < 1.29 is 14.3 Å². The smallest absolute Gasteiger partial charge is 0.261 e. The monoisotopic (exact) mass is 556 g/mol. The van der Waals surface area contributed by atoms with E-state index in [0.717, 1.165) is 22.9 Å². The first-order valence-electron chi connectivity index (χ1n) is 11.2. The maximum absolute atomic E-state index is 13.4. The summed E-state index contributed by atoms with van der Waals surface area (Å²) in [5.74, 6) is 0.0221. The highest BCUT2D eigenvalue weighted by molar-refractivity contribution is 9.10. The number of halogens is 3. The van der Waals surface area contributed by atoms with Crippen LogP contribution in [0.2, 0.25) is 10.0 Å². The molecule has 33 heavy (non-hydrogen) atoms. The average molecular weight is 558 g/mol. The summed E-state index contributed by atoms with van der Waals surface area (Å²) >= 11 is 16.2. The molecule has 8 heteroatoms. The van der Waals surface area contributed by atoms with Crippen LogP contribution in [0.15, 0.2) is 40.9 Å². The standard InChI is InChI=1S/C25H31BrCl2N2O3/c1-5-16(4)29-25(32)22(7-3)30(14-18-20(27)9-8-10-21(18)28)24(31)15-33-23-12-11-17(6-2)13-19(23)26/h8-13,16,22H,5-7,14-15H2,1-4H3,(H,29,32). The van der Waals surface area contributed by atoms with Crippen molar-refractivity contribution in [1.29, 1.82) is 0 Å². The zero-order chi connectivity index (χ0) is 24.5. The number of nitrogens with zero attached hydrogens (tertiary/aromatic N) is 1. The highest BCUT2D eigenvalue weighted by Crippen LogP contribution is 2.28. The Hall–Kier alpha value is -1.76. The molecule has 2 amide bonds. The molecule has 2 unspecified atom stereocenters. The van der Waals surface area contributed by atoms with Crippen molar-refractivity contribution >= 4 is 50.9 Å². The van der Waals surface area contributed by atoms with Gasteiger partial charge in [-0.15, -0.1) is 0 Å². The molecule has 1 N–H and O–H groups in total. The molecule has 0 aliphatic heterocycles. The minimum absolute atomic E-state index is 0.00307. The molecule has 2 atom stereocenters. The van der Waals surface area contributed by atoms with Gasteiger partial charge in [-0.2, -0.15) is 0 Å². The molecule has 0 aliphatic rings. The molecule has 2 aromatic rings. The minimum Gasteiger partial charge on any atom is -0.483 e. The van der Waals surface area contributed by atoms with Crippen molar-refractivity contribution in [2.75, 3.05) is 6.61 Å². The Morgan fingerprint density at radius 2 is 1.76 bits per heavy atom. The Morgan fingerprint density at radius 3 is 2.30 bits per heavy atom. The first-order chi connectivity index (χ1) is 15.7. The largest absolute Gasteiger partial charge is 0.483 e. The topological polar surface area (TPSA) is 58.6 Å². The number of amides is 2. The Labute approximate surface area is 214 Å². The van der Waals surface area contributed by atoms with E-state index in [1.54, 1.807) is 18.2 Å². The number of nitrogens with one attached hydrogen (secondary N) is 1. The van der Waals surface area contributed by atoms with E-state index >= 15 is 0 Å². The zero-order valence-corrected chi connectivity index (χ0v) is 22.6. The van der Waals surface area contributed by atoms with Crippen LogP contribution in [-0.2, 0) is 22.6 Å². The molecule has 0 bridgehead atoms. The van der Waals surface area contributed by atoms with E-state index in [2.05, 4.69) is 28.2 Å². The van der Waals surface area contributed by atoms with Crippen molar-refractivity contribution in [2.24, 2.45) is 0 Å². The van der Waals surface area contributed by atoms with Crippen LogP contribution >= 0.6 is 39.1 Å². The first-order valence-corrected chi connectivity index (χ1v) is 12.7. The highest BCUT2D eigenvalue weighted by atomic mass is 79.9. The van der Waals surface area contributed by atoms with E-state index in [4.69, 9.17) is 27.9 Å². The lowest BCUT2D eigenvalue weighted by molar-refractivity contribution is -0.143. The predicted octanol–water partition coefficient (Wildman–Crippen LogP) is 6.42. The van der Waals surface area contributed by atoms with Gasteiger partial charge in [0.15, 0.2) is 6.61 Å². The van der Waals surface area contributed by atoms with Crippen LogP contribution in [-0.4, -0.2) is 35.4 Å². The summed E-state index contributed by atoms with van der Waals surface area (Å²) < 4.78 is 6.59. The van der Waals surface area contributed by atoms with Gasteiger partial charge in [0.25, 0.3) is 5.91 Å². The Kier molecular flexibility index (Phi) is 11.0. The predicted molar refractivity (Wildman–Crippen MR) is 138 cm³/mol. The van der Waals surface area contributed by atoms with Gasteiger partial charge < -0.3 is 15.0 Å². The Morgan fingerprint density at radius 1 is 1.09 bits per heavy atom. The normalized spacial score (nSPS) is 12.7. The minimum atomic E-state index is -0.687. The van der Waals surface area contributed by atoms with E-state index in [-0.39, 0.29) is 31.0 Å². The van der Waals surface area contributed by atoms with E-state index in [1.807, 2.05) is 39.0 Å². The second kappa shape index (κ2) is 13.2. The second-order valence-electron chi connectivity index (χ2n) is 7.87. The maximum atomic E-state index is 13.4. The van der Waals surface area contributed by atoms with Gasteiger partial charge in [0.1, 0.15) is 11.8 Å². The quantitative estimate of drug-likeness (QED) is 0.347. The number of aryl methyl sites for hydroxylation is 1. The summed E-state index contributed by atoms with van der Waals surface area (Å²) in [6.45, 7) is 7.74. The number of carbonyl (C=O) groups excluding carboxylic acids is 2. The lowest BCUT2D eigenvalue weighted by atomic mass is 10.1. The summed E-state index contributed by atoms with van der Waals surface area (Å²) in [5, 5.41) is 3.86. The number of ether oxygens (including phenoxy) is 1. The molecule has 0 saturated heterocycles. The van der Waals surface area contributed by atoms with Crippen LogP contribution in [0.3, 0.4) is 0 Å². The lowest BCUT2D eigenvalue weighted by Gasteiger charge is -2.32. The molecule has 180 valence electrons. The zero-order valence-electron chi connectivity index (χ0n) is 19.5. The molecule has 2 rings (SSSR count). The maximum Gasteiger partial charge on any atom is 0.261 e. The molecule has 0 aromatic heterocycles. The van der Waals surface area contributed by atoms with Crippen molar-refractivity contribution in [3.8, 4) is 5.75 Å². The summed E-state index contributed by atoms with van der Waals surface area (Å²) in [6.07, 6.45) is 2.12. The molecule has 0 fully saturated rings. The van der Waals surface area contributed by atoms with Crippen molar-refractivity contribution in [3.05, 3.63) is 62.0 Å². The van der Waals surface area contributed by atoms with Crippen LogP contribution in [0.4, 0.5) is 0 Å². The molecule has 0 spiro atoms. The molecule has 0 saturated carbocycles. The van der Waals surface area contributed by atoms with Gasteiger partial charge >= 0.3 is 0 Å². The molecule has 5 nitrogen and oxygen atoms in total. The number of carbonyl (C=O) groups is 2. The average Bonchev–Trinajstić information content (AvgIpc) is 2.79. The van der Waals surface area contributed by atoms with Crippen LogP contribution in [0.5, 0.6) is 5.75 Å².